The zero-order valence-electron chi connectivity index (χ0n) is 12.1. The molecule has 3 rings (SSSR count). The second-order valence-corrected chi connectivity index (χ2v) is 5.67. The number of pyridine rings is 1. The third-order valence-electron chi connectivity index (χ3n) is 3.53. The summed E-state index contributed by atoms with van der Waals surface area (Å²) < 4.78 is 15.0. The summed E-state index contributed by atoms with van der Waals surface area (Å²) in [4.78, 5) is 18.3. The van der Waals surface area contributed by atoms with Crippen molar-refractivity contribution in [2.75, 3.05) is 26.4 Å². The first-order valence-electron chi connectivity index (χ1n) is 7.12. The fourth-order valence-corrected chi connectivity index (χ4v) is 2.89. The number of carbonyl (C=O) groups excluding carboxylic acids is 1. The molecule has 1 aliphatic heterocycles. The van der Waals surface area contributed by atoms with Crippen molar-refractivity contribution in [2.45, 2.75) is 12.5 Å². The summed E-state index contributed by atoms with van der Waals surface area (Å²) in [5.74, 6) is 0.465. The number of ether oxygens (including phenoxy) is 2. The Morgan fingerprint density at radius 3 is 3.05 bits per heavy atom. The molecule has 0 saturated carbocycles. The largest absolute Gasteiger partial charge is 0.467 e. The Morgan fingerprint density at radius 1 is 1.41 bits per heavy atom. The molecule has 0 bridgehead atoms. The number of amides is 1. The van der Waals surface area contributed by atoms with Crippen molar-refractivity contribution in [1.82, 2.24) is 14.3 Å². The highest BCUT2D eigenvalue weighted by Crippen LogP contribution is 2.14. The van der Waals surface area contributed by atoms with Crippen LogP contribution in [0.1, 0.15) is 5.56 Å². The van der Waals surface area contributed by atoms with Gasteiger partial charge in [-0.05, 0) is 35.6 Å². The van der Waals surface area contributed by atoms with E-state index in [1.54, 1.807) is 18.5 Å². The monoisotopic (exact) mass is 319 g/mol. The fraction of sp³-hybridized carbons (Fsp3) is 0.400. The lowest BCUT2D eigenvalue weighted by Crippen LogP contribution is -2.51. The van der Waals surface area contributed by atoms with E-state index in [2.05, 4.69) is 9.36 Å². The van der Waals surface area contributed by atoms with Crippen molar-refractivity contribution < 1.29 is 14.3 Å². The molecule has 1 atom stereocenters. The summed E-state index contributed by atoms with van der Waals surface area (Å²) in [6.45, 7) is 1.71. The topological polar surface area (TPSA) is 64.5 Å². The highest BCUT2D eigenvalue weighted by Gasteiger charge is 2.27. The van der Waals surface area contributed by atoms with Crippen LogP contribution in [-0.2, 0) is 16.0 Å². The molecule has 0 N–H and O–H groups in total. The normalized spacial score (nSPS) is 18.2. The lowest BCUT2D eigenvalue weighted by Gasteiger charge is -2.35. The third kappa shape index (κ3) is 3.80. The third-order valence-corrected chi connectivity index (χ3v) is 4.07. The average molecular weight is 319 g/mol. The Balaban J connectivity index is 1.60. The van der Waals surface area contributed by atoms with Crippen molar-refractivity contribution in [2.24, 2.45) is 0 Å². The van der Waals surface area contributed by atoms with Crippen LogP contribution in [-0.4, -0.2) is 52.6 Å². The molecule has 0 spiro atoms. The average Bonchev–Trinajstić information content (AvgIpc) is 3.08. The maximum absolute atomic E-state index is 12.4. The summed E-state index contributed by atoms with van der Waals surface area (Å²) >= 11 is 1.30. The molecule has 1 amide bonds. The maximum Gasteiger partial charge on any atom is 0.260 e. The number of carbonyl (C=O) groups is 1. The molecule has 0 aromatic carbocycles. The van der Waals surface area contributed by atoms with Crippen LogP contribution in [0.15, 0.2) is 36.0 Å². The summed E-state index contributed by atoms with van der Waals surface area (Å²) in [7, 11) is 0. The van der Waals surface area contributed by atoms with Gasteiger partial charge in [0.25, 0.3) is 5.91 Å². The van der Waals surface area contributed by atoms with Gasteiger partial charge in [0.15, 0.2) is 6.61 Å². The molecule has 116 valence electrons. The maximum atomic E-state index is 12.4. The molecule has 6 nitrogen and oxygen atoms in total. The Kier molecular flexibility index (Phi) is 4.97. The summed E-state index contributed by atoms with van der Waals surface area (Å²) in [5, 5.41) is 1.82. The van der Waals surface area contributed by atoms with E-state index in [9.17, 15) is 4.79 Å². The van der Waals surface area contributed by atoms with Crippen LogP contribution in [0.2, 0.25) is 0 Å². The van der Waals surface area contributed by atoms with Gasteiger partial charge in [0, 0.05) is 30.4 Å². The summed E-state index contributed by atoms with van der Waals surface area (Å²) in [6.07, 6.45) is 4.28. The Bertz CT molecular complexity index is 591. The molecule has 7 heteroatoms. The van der Waals surface area contributed by atoms with E-state index < -0.39 is 0 Å². The minimum absolute atomic E-state index is 0.0105. The van der Waals surface area contributed by atoms with Crippen molar-refractivity contribution >= 4 is 17.4 Å². The van der Waals surface area contributed by atoms with Crippen LogP contribution in [0.25, 0.3) is 0 Å². The van der Waals surface area contributed by atoms with E-state index in [-0.39, 0.29) is 18.6 Å². The van der Waals surface area contributed by atoms with E-state index in [1.165, 1.54) is 11.5 Å². The van der Waals surface area contributed by atoms with Gasteiger partial charge in [0.05, 0.1) is 19.3 Å². The molecule has 22 heavy (non-hydrogen) atoms. The van der Waals surface area contributed by atoms with Crippen LogP contribution < -0.4 is 4.74 Å². The number of hydrogen-bond acceptors (Lipinski definition) is 6. The van der Waals surface area contributed by atoms with Crippen molar-refractivity contribution in [3.8, 4) is 5.88 Å². The molecule has 0 aliphatic carbocycles. The van der Waals surface area contributed by atoms with E-state index in [0.29, 0.717) is 25.6 Å². The van der Waals surface area contributed by atoms with Gasteiger partial charge in [-0.15, -0.1) is 0 Å². The zero-order valence-corrected chi connectivity index (χ0v) is 12.9. The van der Waals surface area contributed by atoms with Gasteiger partial charge in [0.1, 0.15) is 0 Å². The van der Waals surface area contributed by atoms with Gasteiger partial charge in [-0.3, -0.25) is 9.78 Å². The van der Waals surface area contributed by atoms with Crippen molar-refractivity contribution in [1.29, 1.82) is 0 Å². The van der Waals surface area contributed by atoms with Crippen LogP contribution in [0, 0.1) is 0 Å². The molecule has 3 heterocycles. The van der Waals surface area contributed by atoms with Crippen LogP contribution >= 0.6 is 11.5 Å². The second-order valence-electron chi connectivity index (χ2n) is 5.00. The summed E-state index contributed by atoms with van der Waals surface area (Å²) in [5.41, 5.74) is 1.14. The smallest absolute Gasteiger partial charge is 0.260 e. The van der Waals surface area contributed by atoms with Crippen LogP contribution in [0.3, 0.4) is 0 Å². The van der Waals surface area contributed by atoms with Gasteiger partial charge in [0.2, 0.25) is 5.88 Å². The molecule has 1 saturated heterocycles. The number of rotatable bonds is 5. The van der Waals surface area contributed by atoms with E-state index >= 15 is 0 Å². The number of nitrogens with zero attached hydrogens (tertiary/aromatic N) is 3. The first-order valence-corrected chi connectivity index (χ1v) is 7.96. The first-order chi connectivity index (χ1) is 10.8. The lowest BCUT2D eigenvalue weighted by molar-refractivity contribution is -0.142. The van der Waals surface area contributed by atoms with Crippen molar-refractivity contribution in [3.05, 3.63) is 41.5 Å². The first kappa shape index (κ1) is 14.9. The van der Waals surface area contributed by atoms with Gasteiger partial charge in [-0.1, -0.05) is 0 Å². The quantitative estimate of drug-likeness (QED) is 0.833. The van der Waals surface area contributed by atoms with E-state index in [4.69, 9.17) is 9.47 Å². The SMILES string of the molecule is O=C(COc1ccsn1)N1CCOCC1Cc1ccncc1. The van der Waals surface area contributed by atoms with Gasteiger partial charge in [-0.2, -0.15) is 4.37 Å². The van der Waals surface area contributed by atoms with Gasteiger partial charge >= 0.3 is 0 Å². The molecular formula is C15H17N3O3S. The number of morpholine rings is 1. The number of hydrogen-bond donors (Lipinski definition) is 0. The molecule has 1 fully saturated rings. The van der Waals surface area contributed by atoms with Crippen LogP contribution in [0.4, 0.5) is 0 Å². The molecular weight excluding hydrogens is 302 g/mol. The minimum atomic E-state index is -0.0321. The Labute approximate surface area is 132 Å². The van der Waals surface area contributed by atoms with E-state index in [0.717, 1.165) is 12.0 Å². The lowest BCUT2D eigenvalue weighted by atomic mass is 10.1. The highest BCUT2D eigenvalue weighted by atomic mass is 32.1. The zero-order chi connectivity index (χ0) is 15.2. The van der Waals surface area contributed by atoms with Crippen LogP contribution in [0.5, 0.6) is 5.88 Å². The molecule has 1 unspecified atom stereocenters. The number of aromatic nitrogens is 2. The standard InChI is InChI=1S/C15H17N3O3S/c19-15(11-21-14-3-8-22-17-14)18-6-7-20-10-13(18)9-12-1-4-16-5-2-12/h1-5,8,13H,6-7,9-11H2. The van der Waals surface area contributed by atoms with Crippen molar-refractivity contribution in [3.63, 3.8) is 0 Å². The summed E-state index contributed by atoms with van der Waals surface area (Å²) in [6, 6.07) is 5.71. The predicted molar refractivity (Wildman–Crippen MR) is 81.9 cm³/mol. The highest BCUT2D eigenvalue weighted by molar-refractivity contribution is 7.03. The molecule has 2 aromatic heterocycles. The molecule has 0 radical (unpaired) electrons. The Hall–Kier alpha value is -1.99. The molecule has 2 aromatic rings. The van der Waals surface area contributed by atoms with E-state index in [1.807, 2.05) is 22.4 Å². The Morgan fingerprint density at radius 2 is 2.27 bits per heavy atom. The minimum Gasteiger partial charge on any atom is -0.467 e. The second kappa shape index (κ2) is 7.33. The fourth-order valence-electron chi connectivity index (χ4n) is 2.44. The molecule has 1 aliphatic rings. The van der Waals surface area contributed by atoms with Gasteiger partial charge in [-0.25, -0.2) is 0 Å². The predicted octanol–water partition coefficient (Wildman–Crippen LogP) is 1.39. The van der Waals surface area contributed by atoms with Gasteiger partial charge < -0.3 is 14.4 Å².